The lowest BCUT2D eigenvalue weighted by Crippen LogP contribution is -2.34. The van der Waals surface area contributed by atoms with Gasteiger partial charge in [-0.1, -0.05) is 68.2 Å². The first kappa shape index (κ1) is 33.7. The highest BCUT2D eigenvalue weighted by atomic mass is 19.1. The molecule has 1 amide bonds. The Hall–Kier alpha value is -5.21. The number of hydrogen-bond donors (Lipinski definition) is 0. The van der Waals surface area contributed by atoms with E-state index in [2.05, 4.69) is 44.6 Å². The van der Waals surface area contributed by atoms with Crippen LogP contribution in [-0.4, -0.2) is 58.5 Å². The zero-order chi connectivity index (χ0) is 32.8. The molecule has 4 aromatic rings. The third-order valence-corrected chi connectivity index (χ3v) is 7.17. The van der Waals surface area contributed by atoms with Crippen LogP contribution >= 0.6 is 0 Å². The van der Waals surface area contributed by atoms with Gasteiger partial charge in [-0.3, -0.25) is 0 Å². The fourth-order valence-electron chi connectivity index (χ4n) is 4.83. The van der Waals surface area contributed by atoms with Crippen molar-refractivity contribution in [2.45, 2.75) is 45.0 Å². The number of amides is 1. The number of nitrogens with zero attached hydrogens (tertiary/aromatic N) is 4. The second-order valence-electron chi connectivity index (χ2n) is 10.7. The van der Waals surface area contributed by atoms with E-state index in [9.17, 15) is 13.6 Å². The number of halogens is 2. The summed E-state index contributed by atoms with van der Waals surface area (Å²) in [5, 5.41) is 0. The molecular formula is C38H38F2N4O2. The normalized spacial score (nSPS) is 19.6. The second kappa shape index (κ2) is 16.2. The number of rotatable bonds is 2. The number of benzene rings is 2. The number of aryl methyl sites for hydroxylation is 1. The van der Waals surface area contributed by atoms with Gasteiger partial charge in [-0.15, -0.1) is 0 Å². The zero-order valence-electron chi connectivity index (χ0n) is 26.4. The van der Waals surface area contributed by atoms with Crippen LogP contribution in [0.4, 0.5) is 19.3 Å². The highest BCUT2D eigenvalue weighted by Crippen LogP contribution is 2.30. The number of carbonyl (C=O) groups is 1. The summed E-state index contributed by atoms with van der Waals surface area (Å²) in [6, 6.07) is 27.6. The highest BCUT2D eigenvalue weighted by molar-refractivity contribution is 5.71. The largest absolute Gasteiger partial charge is 0.415 e. The quantitative estimate of drug-likeness (QED) is 0.218. The van der Waals surface area contributed by atoms with E-state index in [0.29, 0.717) is 36.6 Å². The first-order valence-corrected chi connectivity index (χ1v) is 15.4. The van der Waals surface area contributed by atoms with Crippen LogP contribution in [0.3, 0.4) is 0 Å². The number of anilines is 1. The minimum Gasteiger partial charge on any atom is -0.410 e. The first-order chi connectivity index (χ1) is 22.3. The van der Waals surface area contributed by atoms with Crippen molar-refractivity contribution in [2.24, 2.45) is 0 Å². The molecule has 2 aliphatic rings. The standard InChI is InChI=1S/C18H15FN2O2.C18H17FN2.C2H6/c19-18(10-9-15-6-4-5-12-20-15)11-13-21(14-18)17(22)23-16-7-2-1-3-8-16;1-15-5-4-7-17(13-15)21-12-10-18(19,14-21)9-8-16-6-2-3-11-20-16;1-2/h1-8,12H,11,13-14H2;2-7,11,13H,10,12,14H2,1H3;1-2H3. The lowest BCUT2D eigenvalue weighted by atomic mass is 10.1. The number of hydrogen-bond acceptors (Lipinski definition) is 5. The molecule has 2 aromatic heterocycles. The van der Waals surface area contributed by atoms with Gasteiger partial charge >= 0.3 is 6.09 Å². The van der Waals surface area contributed by atoms with Gasteiger partial charge in [-0.05, 0) is 72.9 Å². The molecular weight excluding hydrogens is 582 g/mol. The summed E-state index contributed by atoms with van der Waals surface area (Å²) in [7, 11) is 0. The Morgan fingerprint density at radius 2 is 1.35 bits per heavy atom. The van der Waals surface area contributed by atoms with Crippen LogP contribution in [0.15, 0.2) is 103 Å². The number of ether oxygens (including phenoxy) is 1. The molecule has 2 fully saturated rings. The van der Waals surface area contributed by atoms with Crippen LogP contribution < -0.4 is 9.64 Å². The summed E-state index contributed by atoms with van der Waals surface area (Å²) in [6.07, 6.45) is 3.31. The van der Waals surface area contributed by atoms with Crippen molar-refractivity contribution in [1.29, 1.82) is 0 Å². The molecule has 4 heterocycles. The van der Waals surface area contributed by atoms with E-state index in [-0.39, 0.29) is 19.5 Å². The molecule has 2 aromatic carbocycles. The molecule has 2 atom stereocenters. The molecule has 6 nitrogen and oxygen atoms in total. The predicted octanol–water partition coefficient (Wildman–Crippen LogP) is 7.43. The molecule has 6 rings (SSSR count). The minimum absolute atomic E-state index is 0.0987. The van der Waals surface area contributed by atoms with Crippen molar-refractivity contribution in [1.82, 2.24) is 14.9 Å². The monoisotopic (exact) mass is 620 g/mol. The first-order valence-electron chi connectivity index (χ1n) is 15.4. The van der Waals surface area contributed by atoms with E-state index in [1.54, 1.807) is 60.9 Å². The maximum atomic E-state index is 14.8. The van der Waals surface area contributed by atoms with Crippen molar-refractivity contribution in [3.05, 3.63) is 120 Å². The van der Waals surface area contributed by atoms with E-state index in [1.807, 2.05) is 57.2 Å². The maximum Gasteiger partial charge on any atom is 0.415 e. The Kier molecular flexibility index (Phi) is 11.9. The highest BCUT2D eigenvalue weighted by Gasteiger charge is 2.40. The van der Waals surface area contributed by atoms with Crippen LogP contribution in [0.25, 0.3) is 0 Å². The van der Waals surface area contributed by atoms with E-state index in [4.69, 9.17) is 4.74 Å². The van der Waals surface area contributed by atoms with Crippen LogP contribution in [0, 0.1) is 30.6 Å². The Bertz CT molecular complexity index is 1680. The molecule has 2 unspecified atom stereocenters. The summed E-state index contributed by atoms with van der Waals surface area (Å²) in [5.41, 5.74) is 0.185. The van der Waals surface area contributed by atoms with E-state index < -0.39 is 17.4 Å². The number of pyridine rings is 2. The van der Waals surface area contributed by atoms with Crippen molar-refractivity contribution in [2.75, 3.05) is 31.1 Å². The molecule has 0 bridgehead atoms. The number of alkyl halides is 2. The lowest BCUT2D eigenvalue weighted by Gasteiger charge is -2.19. The van der Waals surface area contributed by atoms with Gasteiger partial charge in [0.1, 0.15) is 17.1 Å². The maximum absolute atomic E-state index is 14.8. The fourth-order valence-corrected chi connectivity index (χ4v) is 4.83. The van der Waals surface area contributed by atoms with Gasteiger partial charge in [0, 0.05) is 44.0 Å². The fraction of sp³-hybridized carbons (Fsp3) is 0.289. The number of para-hydroxylation sites is 1. The summed E-state index contributed by atoms with van der Waals surface area (Å²) >= 11 is 0. The molecule has 2 saturated heterocycles. The summed E-state index contributed by atoms with van der Waals surface area (Å²) in [6.45, 7) is 7.23. The van der Waals surface area contributed by atoms with Crippen molar-refractivity contribution in [3.8, 4) is 29.4 Å². The zero-order valence-corrected chi connectivity index (χ0v) is 26.4. The van der Waals surface area contributed by atoms with Crippen LogP contribution in [-0.2, 0) is 0 Å². The molecule has 0 spiro atoms. The molecule has 0 radical (unpaired) electrons. The molecule has 46 heavy (non-hydrogen) atoms. The SMILES string of the molecule is CC.Cc1cccc(N2CCC(F)(C#Cc3ccccn3)C2)c1.O=C(Oc1ccccc1)N1CCC(F)(C#Cc2ccccn2)C1. The number of carbonyl (C=O) groups excluding carboxylic acids is 1. The average molecular weight is 621 g/mol. The smallest absolute Gasteiger partial charge is 0.410 e. The van der Waals surface area contributed by atoms with Crippen LogP contribution in [0.1, 0.15) is 43.6 Å². The third-order valence-electron chi connectivity index (χ3n) is 7.17. The van der Waals surface area contributed by atoms with E-state index in [1.165, 1.54) is 10.5 Å². The predicted molar refractivity (Wildman–Crippen MR) is 178 cm³/mol. The summed E-state index contributed by atoms with van der Waals surface area (Å²) in [4.78, 5) is 23.6. The van der Waals surface area contributed by atoms with Gasteiger partial charge in [-0.2, -0.15) is 0 Å². The van der Waals surface area contributed by atoms with Crippen LogP contribution in [0.2, 0.25) is 0 Å². The molecule has 0 N–H and O–H groups in total. The van der Waals surface area contributed by atoms with Crippen molar-refractivity contribution >= 4 is 11.8 Å². The van der Waals surface area contributed by atoms with Gasteiger partial charge in [0.25, 0.3) is 0 Å². The Morgan fingerprint density at radius 3 is 1.93 bits per heavy atom. The van der Waals surface area contributed by atoms with Gasteiger partial charge in [0.15, 0.2) is 11.3 Å². The minimum atomic E-state index is -1.73. The molecule has 8 heteroatoms. The molecule has 2 aliphatic heterocycles. The second-order valence-corrected chi connectivity index (χ2v) is 10.7. The third kappa shape index (κ3) is 9.90. The van der Waals surface area contributed by atoms with E-state index in [0.717, 1.165) is 5.69 Å². The van der Waals surface area contributed by atoms with Gasteiger partial charge in [-0.25, -0.2) is 23.5 Å². The molecule has 0 aliphatic carbocycles. The summed E-state index contributed by atoms with van der Waals surface area (Å²) in [5.74, 6) is 11.4. The molecule has 236 valence electrons. The number of likely N-dealkylation sites (tertiary alicyclic amines) is 1. The van der Waals surface area contributed by atoms with E-state index >= 15 is 0 Å². The lowest BCUT2D eigenvalue weighted by molar-refractivity contribution is 0.154. The Balaban J connectivity index is 0.000000199. The van der Waals surface area contributed by atoms with Gasteiger partial charge < -0.3 is 14.5 Å². The molecule has 0 saturated carbocycles. The van der Waals surface area contributed by atoms with Gasteiger partial charge in [0.05, 0.1) is 13.1 Å². The Labute approximate surface area is 270 Å². The average Bonchev–Trinajstić information content (AvgIpc) is 3.69. The Morgan fingerprint density at radius 1 is 0.761 bits per heavy atom. The van der Waals surface area contributed by atoms with Gasteiger partial charge in [0.2, 0.25) is 0 Å². The topological polar surface area (TPSA) is 58.6 Å². The number of aromatic nitrogens is 2. The van der Waals surface area contributed by atoms with Crippen molar-refractivity contribution in [3.63, 3.8) is 0 Å². The van der Waals surface area contributed by atoms with Crippen molar-refractivity contribution < 1.29 is 18.3 Å². The summed E-state index contributed by atoms with van der Waals surface area (Å²) < 4.78 is 34.7. The van der Waals surface area contributed by atoms with Crippen LogP contribution in [0.5, 0.6) is 5.75 Å².